The highest BCUT2D eigenvalue weighted by molar-refractivity contribution is 5.64. The SMILES string of the molecule is c1cnc(Cc2cccc(-c3cnc4ccccn34)c2)nc1. The highest BCUT2D eigenvalue weighted by Gasteiger charge is 2.06. The van der Waals surface area contributed by atoms with Crippen LogP contribution in [-0.4, -0.2) is 19.4 Å². The molecule has 0 amide bonds. The summed E-state index contributed by atoms with van der Waals surface area (Å²) in [4.78, 5) is 13.0. The number of hydrogen-bond acceptors (Lipinski definition) is 3. The second-order valence-electron chi connectivity index (χ2n) is 5.11. The molecule has 0 aliphatic carbocycles. The van der Waals surface area contributed by atoms with Crippen molar-refractivity contribution in [3.8, 4) is 11.3 Å². The predicted molar refractivity (Wildman–Crippen MR) is 85.5 cm³/mol. The molecule has 1 aromatic carbocycles. The Hall–Kier alpha value is -3.01. The zero-order chi connectivity index (χ0) is 14.8. The number of hydrogen-bond donors (Lipinski definition) is 0. The minimum Gasteiger partial charge on any atom is -0.300 e. The van der Waals surface area contributed by atoms with Gasteiger partial charge in [0.15, 0.2) is 0 Å². The lowest BCUT2D eigenvalue weighted by Gasteiger charge is -2.05. The molecule has 4 rings (SSSR count). The third-order valence-electron chi connectivity index (χ3n) is 3.62. The first-order valence-corrected chi connectivity index (χ1v) is 7.17. The average Bonchev–Trinajstić information content (AvgIpc) is 3.00. The fourth-order valence-corrected chi connectivity index (χ4v) is 2.59. The van der Waals surface area contributed by atoms with Crippen LogP contribution in [0.25, 0.3) is 16.9 Å². The second kappa shape index (κ2) is 5.41. The Balaban J connectivity index is 1.73. The smallest absolute Gasteiger partial charge is 0.137 e. The molecule has 0 saturated heterocycles. The van der Waals surface area contributed by atoms with Gasteiger partial charge in [0.1, 0.15) is 11.5 Å². The van der Waals surface area contributed by atoms with Crippen LogP contribution in [0.1, 0.15) is 11.4 Å². The summed E-state index contributed by atoms with van der Waals surface area (Å²) in [6, 6.07) is 16.3. The van der Waals surface area contributed by atoms with Crippen molar-refractivity contribution >= 4 is 5.65 Å². The molecule has 0 aliphatic rings. The van der Waals surface area contributed by atoms with Gasteiger partial charge >= 0.3 is 0 Å². The van der Waals surface area contributed by atoms with Gasteiger partial charge < -0.3 is 0 Å². The number of rotatable bonds is 3. The quantitative estimate of drug-likeness (QED) is 0.580. The zero-order valence-corrected chi connectivity index (χ0v) is 11.9. The topological polar surface area (TPSA) is 43.1 Å². The van der Waals surface area contributed by atoms with Crippen LogP contribution in [0.5, 0.6) is 0 Å². The van der Waals surface area contributed by atoms with E-state index in [1.807, 2.05) is 36.7 Å². The fourth-order valence-electron chi connectivity index (χ4n) is 2.59. The molecule has 4 nitrogen and oxygen atoms in total. The predicted octanol–water partition coefficient (Wildman–Crippen LogP) is 3.38. The van der Waals surface area contributed by atoms with Crippen LogP contribution in [0.3, 0.4) is 0 Å². The molecule has 0 spiro atoms. The number of imidazole rings is 1. The van der Waals surface area contributed by atoms with Crippen molar-refractivity contribution in [2.75, 3.05) is 0 Å². The molecule has 22 heavy (non-hydrogen) atoms. The van der Waals surface area contributed by atoms with E-state index in [1.54, 1.807) is 12.4 Å². The van der Waals surface area contributed by atoms with Gasteiger partial charge in [0.05, 0.1) is 11.9 Å². The van der Waals surface area contributed by atoms with E-state index in [1.165, 1.54) is 5.56 Å². The summed E-state index contributed by atoms with van der Waals surface area (Å²) >= 11 is 0. The molecular formula is C18H14N4. The third-order valence-corrected chi connectivity index (χ3v) is 3.62. The number of fused-ring (bicyclic) bond motifs is 1. The molecule has 0 saturated carbocycles. The molecule has 0 radical (unpaired) electrons. The van der Waals surface area contributed by atoms with E-state index in [0.717, 1.165) is 29.1 Å². The highest BCUT2D eigenvalue weighted by Crippen LogP contribution is 2.22. The summed E-state index contributed by atoms with van der Waals surface area (Å²) in [7, 11) is 0. The van der Waals surface area contributed by atoms with Gasteiger partial charge in [0.25, 0.3) is 0 Å². The fraction of sp³-hybridized carbons (Fsp3) is 0.0556. The largest absolute Gasteiger partial charge is 0.300 e. The van der Waals surface area contributed by atoms with Crippen LogP contribution in [0.15, 0.2) is 73.3 Å². The van der Waals surface area contributed by atoms with Crippen molar-refractivity contribution in [2.45, 2.75) is 6.42 Å². The zero-order valence-electron chi connectivity index (χ0n) is 11.9. The molecule has 3 heterocycles. The Morgan fingerprint density at radius 3 is 2.68 bits per heavy atom. The van der Waals surface area contributed by atoms with Crippen molar-refractivity contribution in [3.05, 3.63) is 84.7 Å². The van der Waals surface area contributed by atoms with Crippen LogP contribution in [-0.2, 0) is 6.42 Å². The molecular weight excluding hydrogens is 272 g/mol. The summed E-state index contributed by atoms with van der Waals surface area (Å²) in [5.74, 6) is 0.831. The molecule has 0 atom stereocenters. The van der Waals surface area contributed by atoms with Crippen LogP contribution in [0, 0.1) is 0 Å². The van der Waals surface area contributed by atoms with E-state index in [2.05, 4.69) is 43.6 Å². The molecule has 0 fully saturated rings. The molecule has 106 valence electrons. The average molecular weight is 286 g/mol. The van der Waals surface area contributed by atoms with Crippen molar-refractivity contribution < 1.29 is 0 Å². The summed E-state index contributed by atoms with van der Waals surface area (Å²) in [5, 5.41) is 0. The van der Waals surface area contributed by atoms with E-state index in [9.17, 15) is 0 Å². The van der Waals surface area contributed by atoms with E-state index >= 15 is 0 Å². The third kappa shape index (κ3) is 2.35. The maximum absolute atomic E-state index is 4.45. The lowest BCUT2D eigenvalue weighted by atomic mass is 10.1. The summed E-state index contributed by atoms with van der Waals surface area (Å²) in [5.41, 5.74) is 4.38. The van der Waals surface area contributed by atoms with Crippen LogP contribution < -0.4 is 0 Å². The molecule has 0 bridgehead atoms. The molecule has 0 N–H and O–H groups in total. The number of pyridine rings is 1. The maximum Gasteiger partial charge on any atom is 0.137 e. The van der Waals surface area contributed by atoms with Gasteiger partial charge in [-0.15, -0.1) is 0 Å². The van der Waals surface area contributed by atoms with Crippen LogP contribution in [0.2, 0.25) is 0 Å². The highest BCUT2D eigenvalue weighted by atomic mass is 15.0. The van der Waals surface area contributed by atoms with Gasteiger partial charge in [-0.3, -0.25) is 4.40 Å². The van der Waals surface area contributed by atoms with Crippen molar-refractivity contribution in [2.24, 2.45) is 0 Å². The van der Waals surface area contributed by atoms with Crippen LogP contribution >= 0.6 is 0 Å². The minimum absolute atomic E-state index is 0.728. The Kier molecular flexibility index (Phi) is 3.12. The van der Waals surface area contributed by atoms with Crippen molar-refractivity contribution in [3.63, 3.8) is 0 Å². The van der Waals surface area contributed by atoms with Gasteiger partial charge in [-0.05, 0) is 29.8 Å². The molecule has 0 unspecified atom stereocenters. The maximum atomic E-state index is 4.45. The summed E-state index contributed by atoms with van der Waals surface area (Å²) in [6.07, 6.45) is 8.22. The first-order valence-electron chi connectivity index (χ1n) is 7.17. The first-order chi connectivity index (χ1) is 10.9. The van der Waals surface area contributed by atoms with Gasteiger partial charge in [-0.25, -0.2) is 15.0 Å². The minimum atomic E-state index is 0.728. The normalized spacial score (nSPS) is 10.9. The number of nitrogens with zero attached hydrogens (tertiary/aromatic N) is 4. The monoisotopic (exact) mass is 286 g/mol. The number of benzene rings is 1. The van der Waals surface area contributed by atoms with Crippen molar-refractivity contribution in [1.29, 1.82) is 0 Å². The summed E-state index contributed by atoms with van der Waals surface area (Å²) < 4.78 is 2.10. The Labute approximate surface area is 128 Å². The van der Waals surface area contributed by atoms with E-state index in [-0.39, 0.29) is 0 Å². The van der Waals surface area contributed by atoms with Gasteiger partial charge in [0, 0.05) is 30.6 Å². The van der Waals surface area contributed by atoms with Gasteiger partial charge in [-0.2, -0.15) is 0 Å². The summed E-state index contributed by atoms with van der Waals surface area (Å²) in [6.45, 7) is 0. The standard InChI is InChI=1S/C18H14N4/c1-2-10-22-16(13-21-18(22)7-1)15-6-3-5-14(11-15)12-17-19-8-4-9-20-17/h1-11,13H,12H2. The van der Waals surface area contributed by atoms with Crippen molar-refractivity contribution in [1.82, 2.24) is 19.4 Å². The second-order valence-corrected chi connectivity index (χ2v) is 5.11. The Morgan fingerprint density at radius 2 is 1.77 bits per heavy atom. The van der Waals surface area contributed by atoms with E-state index < -0.39 is 0 Å². The molecule has 0 aliphatic heterocycles. The van der Waals surface area contributed by atoms with Gasteiger partial charge in [-0.1, -0.05) is 24.3 Å². The number of aromatic nitrogens is 4. The lowest BCUT2D eigenvalue weighted by molar-refractivity contribution is 0.968. The lowest BCUT2D eigenvalue weighted by Crippen LogP contribution is -1.95. The van der Waals surface area contributed by atoms with E-state index in [0.29, 0.717) is 0 Å². The molecule has 4 aromatic rings. The Bertz CT molecular complexity index is 912. The van der Waals surface area contributed by atoms with E-state index in [4.69, 9.17) is 0 Å². The van der Waals surface area contributed by atoms with Crippen LogP contribution in [0.4, 0.5) is 0 Å². The first kappa shape index (κ1) is 12.7. The molecule has 4 heteroatoms. The molecule has 3 aromatic heterocycles. The van der Waals surface area contributed by atoms with Gasteiger partial charge in [0.2, 0.25) is 0 Å². The Morgan fingerprint density at radius 1 is 0.864 bits per heavy atom.